The van der Waals surface area contributed by atoms with Crippen molar-refractivity contribution in [3.05, 3.63) is 54.6 Å². The van der Waals surface area contributed by atoms with Crippen molar-refractivity contribution in [2.75, 3.05) is 0 Å². The van der Waals surface area contributed by atoms with Crippen LogP contribution in [0.2, 0.25) is 0 Å². The molecule has 0 fully saturated rings. The first-order valence-corrected chi connectivity index (χ1v) is 12.9. The molecule has 0 amide bonds. The van der Waals surface area contributed by atoms with Gasteiger partial charge in [0.2, 0.25) is 0 Å². The second-order valence-electron chi connectivity index (χ2n) is 6.36. The maximum absolute atomic E-state index is 11.3. The highest BCUT2D eigenvalue weighted by molar-refractivity contribution is 7.80. The molecule has 192 valence electrons. The van der Waals surface area contributed by atoms with Crippen molar-refractivity contribution >= 4 is 69.5 Å². The van der Waals surface area contributed by atoms with Crippen molar-refractivity contribution < 1.29 is 62.1 Å². The average molecular weight is 555 g/mol. The molecule has 0 spiro atoms. The highest BCUT2D eigenvalue weighted by atomic mass is 32.3. The smallest absolute Gasteiger partial charge is 0.394 e. The second-order valence-corrected chi connectivity index (χ2v) is 9.04. The SMILES string of the molecule is CC(=O)Oc1ccc2ccc3cccc4ccc1c2c34.O=S(=O)(O)O.O=S(=O)(O)O.O=S(=O)(O)O. The number of hydrogen-bond donors (Lipinski definition) is 6. The Labute approximate surface area is 198 Å². The van der Waals surface area contributed by atoms with Crippen LogP contribution < -0.4 is 4.74 Å². The molecule has 0 aliphatic carbocycles. The summed E-state index contributed by atoms with van der Waals surface area (Å²) in [5, 5.41) is 6.97. The predicted molar refractivity (Wildman–Crippen MR) is 124 cm³/mol. The minimum absolute atomic E-state index is 0.292. The Morgan fingerprint density at radius 2 is 0.943 bits per heavy atom. The van der Waals surface area contributed by atoms with E-state index in [1.54, 1.807) is 0 Å². The van der Waals surface area contributed by atoms with Crippen LogP contribution >= 0.6 is 0 Å². The first-order valence-electron chi connectivity index (χ1n) is 8.68. The van der Waals surface area contributed by atoms with Gasteiger partial charge >= 0.3 is 37.2 Å². The maximum atomic E-state index is 11.3. The molecule has 4 rings (SSSR count). The van der Waals surface area contributed by atoms with E-state index >= 15 is 0 Å². The molecule has 0 saturated carbocycles. The Morgan fingerprint density at radius 1 is 0.600 bits per heavy atom. The van der Waals surface area contributed by atoms with Gasteiger partial charge in [-0.25, -0.2) is 0 Å². The number of benzene rings is 4. The van der Waals surface area contributed by atoms with Crippen molar-refractivity contribution in [3.8, 4) is 5.75 Å². The molecule has 0 aromatic heterocycles. The number of carbonyl (C=O) groups is 1. The van der Waals surface area contributed by atoms with Crippen molar-refractivity contribution in [1.82, 2.24) is 0 Å². The number of carbonyl (C=O) groups excluding carboxylic acids is 1. The largest absolute Gasteiger partial charge is 0.426 e. The molecule has 0 bridgehead atoms. The quantitative estimate of drug-likeness (QED) is 0.0856. The summed E-state index contributed by atoms with van der Waals surface area (Å²) in [7, 11) is -14.0. The second kappa shape index (κ2) is 11.6. The summed E-state index contributed by atoms with van der Waals surface area (Å²) in [5.74, 6) is 0.336. The van der Waals surface area contributed by atoms with Crippen LogP contribution in [0.25, 0.3) is 32.3 Å². The lowest BCUT2D eigenvalue weighted by atomic mass is 9.94. The third kappa shape index (κ3) is 12.3. The Bertz CT molecular complexity index is 1530. The van der Waals surface area contributed by atoms with Gasteiger partial charge in [0.25, 0.3) is 0 Å². The van der Waals surface area contributed by atoms with E-state index in [1.807, 2.05) is 18.2 Å². The number of rotatable bonds is 1. The zero-order valence-electron chi connectivity index (χ0n) is 17.4. The van der Waals surface area contributed by atoms with Gasteiger partial charge < -0.3 is 4.74 Å². The molecule has 0 heterocycles. The fourth-order valence-corrected chi connectivity index (χ4v) is 2.95. The molecule has 0 unspecified atom stereocenters. The summed E-state index contributed by atoms with van der Waals surface area (Å²) < 4.78 is 100. The Balaban J connectivity index is 0.000000338. The summed E-state index contributed by atoms with van der Waals surface area (Å²) in [6, 6.07) is 18.5. The van der Waals surface area contributed by atoms with Crippen LogP contribution in [-0.2, 0) is 36.0 Å². The molecule has 0 atom stereocenters. The lowest BCUT2D eigenvalue weighted by Gasteiger charge is -2.13. The molecule has 4 aromatic rings. The van der Waals surface area contributed by atoms with Gasteiger partial charge in [-0.2, -0.15) is 25.3 Å². The van der Waals surface area contributed by atoms with Gasteiger partial charge in [-0.05, 0) is 33.7 Å². The molecule has 6 N–H and O–H groups in total. The first-order chi connectivity index (χ1) is 15.7. The van der Waals surface area contributed by atoms with Gasteiger partial charge in [0.05, 0.1) is 0 Å². The number of hydrogen-bond acceptors (Lipinski definition) is 8. The zero-order valence-corrected chi connectivity index (χ0v) is 19.8. The molecule has 0 radical (unpaired) electrons. The summed E-state index contributed by atoms with van der Waals surface area (Å²) in [5.41, 5.74) is 0. The van der Waals surface area contributed by atoms with E-state index in [4.69, 9.17) is 57.3 Å². The molecule has 14 nitrogen and oxygen atoms in total. The highest BCUT2D eigenvalue weighted by Crippen LogP contribution is 2.38. The lowest BCUT2D eigenvalue weighted by Crippen LogP contribution is -2.01. The summed E-state index contributed by atoms with van der Waals surface area (Å²) in [4.78, 5) is 11.3. The zero-order chi connectivity index (χ0) is 27.2. The maximum Gasteiger partial charge on any atom is 0.394 e. The highest BCUT2D eigenvalue weighted by Gasteiger charge is 2.12. The molecular formula is C18H18O14S3. The molecule has 35 heavy (non-hydrogen) atoms. The summed E-state index contributed by atoms with van der Waals surface area (Å²) in [6.07, 6.45) is 0. The predicted octanol–water partition coefficient (Wildman–Crippen LogP) is 2.55. The fraction of sp³-hybridized carbons (Fsp3) is 0.0556. The van der Waals surface area contributed by atoms with E-state index in [0.717, 1.165) is 5.39 Å². The third-order valence-corrected chi connectivity index (χ3v) is 3.74. The van der Waals surface area contributed by atoms with Crippen molar-refractivity contribution in [2.45, 2.75) is 6.92 Å². The normalized spacial score (nSPS) is 11.5. The van der Waals surface area contributed by atoms with Gasteiger partial charge in [0.1, 0.15) is 5.75 Å². The molecule has 0 aliphatic heterocycles. The van der Waals surface area contributed by atoms with Gasteiger partial charge in [-0.3, -0.25) is 32.1 Å². The van der Waals surface area contributed by atoms with E-state index in [2.05, 4.69) is 36.4 Å². The van der Waals surface area contributed by atoms with Crippen molar-refractivity contribution in [3.63, 3.8) is 0 Å². The Morgan fingerprint density at radius 3 is 1.34 bits per heavy atom. The third-order valence-electron chi connectivity index (χ3n) is 3.74. The van der Waals surface area contributed by atoms with Gasteiger partial charge in [0, 0.05) is 17.7 Å². The molecule has 0 aliphatic rings. The average Bonchev–Trinajstić information content (AvgIpc) is 2.63. The monoisotopic (exact) mass is 554 g/mol. The van der Waals surface area contributed by atoms with Crippen LogP contribution in [0.3, 0.4) is 0 Å². The van der Waals surface area contributed by atoms with Crippen LogP contribution in [-0.4, -0.2) is 58.5 Å². The van der Waals surface area contributed by atoms with Gasteiger partial charge in [-0.15, -0.1) is 0 Å². The van der Waals surface area contributed by atoms with E-state index < -0.39 is 31.2 Å². The number of esters is 1. The lowest BCUT2D eigenvalue weighted by molar-refractivity contribution is -0.131. The Kier molecular flexibility index (Phi) is 9.97. The summed E-state index contributed by atoms with van der Waals surface area (Å²) in [6.45, 7) is 1.43. The van der Waals surface area contributed by atoms with Crippen LogP contribution in [0.4, 0.5) is 0 Å². The first kappa shape index (κ1) is 30.0. The van der Waals surface area contributed by atoms with Crippen molar-refractivity contribution in [2.24, 2.45) is 0 Å². The van der Waals surface area contributed by atoms with Crippen molar-refractivity contribution in [1.29, 1.82) is 0 Å². The molecule has 0 saturated heterocycles. The van der Waals surface area contributed by atoms with Gasteiger partial charge in [0.15, 0.2) is 0 Å². The minimum atomic E-state index is -4.67. The van der Waals surface area contributed by atoms with Crippen LogP contribution in [0.5, 0.6) is 5.75 Å². The van der Waals surface area contributed by atoms with Gasteiger partial charge in [-0.1, -0.05) is 42.5 Å². The molecular weight excluding hydrogens is 536 g/mol. The number of ether oxygens (including phenoxy) is 1. The van der Waals surface area contributed by atoms with E-state index in [1.165, 1.54) is 33.9 Å². The van der Waals surface area contributed by atoms with Crippen LogP contribution in [0.1, 0.15) is 6.92 Å². The Hall–Kier alpha value is -3.00. The van der Waals surface area contributed by atoms with E-state index in [0.29, 0.717) is 5.75 Å². The summed E-state index contributed by atoms with van der Waals surface area (Å²) >= 11 is 0. The van der Waals surface area contributed by atoms with E-state index in [9.17, 15) is 4.79 Å². The molecule has 4 aromatic carbocycles. The topological polar surface area (TPSA) is 250 Å². The fourth-order valence-electron chi connectivity index (χ4n) is 2.95. The molecule has 17 heteroatoms. The van der Waals surface area contributed by atoms with Crippen LogP contribution in [0.15, 0.2) is 54.6 Å². The van der Waals surface area contributed by atoms with E-state index in [-0.39, 0.29) is 5.97 Å². The standard InChI is InChI=1S/C18H12O2.3H2O4S/c1-11(19)20-16-10-8-14-6-5-12-3-2-4-13-7-9-15(16)18(14)17(12)13;3*1-5(2,3)4/h2-10H,1H3;3*(H2,1,2,3,4). The van der Waals surface area contributed by atoms with Crippen LogP contribution in [0, 0.1) is 0 Å². The minimum Gasteiger partial charge on any atom is -0.426 e.